The molecule has 20 heavy (non-hydrogen) atoms. The number of pyridine rings is 1. The van der Waals surface area contributed by atoms with Gasteiger partial charge in [0.2, 0.25) is 0 Å². The van der Waals surface area contributed by atoms with E-state index in [2.05, 4.69) is 26.0 Å². The van der Waals surface area contributed by atoms with Gasteiger partial charge in [-0.25, -0.2) is 9.67 Å². The summed E-state index contributed by atoms with van der Waals surface area (Å²) >= 11 is 9.36. The fraction of sp³-hybridized carbons (Fsp3) is 0.0769. The quantitative estimate of drug-likeness (QED) is 0.548. The van der Waals surface area contributed by atoms with Gasteiger partial charge in [-0.05, 0) is 18.2 Å². The Morgan fingerprint density at radius 2 is 2.15 bits per heavy atom. The molecule has 3 rings (SSSR count). The van der Waals surface area contributed by atoms with Gasteiger partial charge < -0.3 is 10.8 Å². The van der Waals surface area contributed by atoms with E-state index in [1.165, 1.54) is 0 Å². The number of benzene rings is 1. The summed E-state index contributed by atoms with van der Waals surface area (Å²) in [6.07, 6.45) is 0.388. The largest absolute Gasteiger partial charge is 0.373 e. The van der Waals surface area contributed by atoms with Crippen LogP contribution in [0.2, 0.25) is 5.15 Å². The number of aromatic nitrogens is 3. The van der Waals surface area contributed by atoms with E-state index in [1.54, 1.807) is 16.9 Å². The second kappa shape index (κ2) is 5.14. The third-order valence-corrected chi connectivity index (χ3v) is 3.59. The molecule has 2 aromatic heterocycles. The zero-order valence-corrected chi connectivity index (χ0v) is 12.5. The molecular formula is C13H10BrClN4O. The van der Waals surface area contributed by atoms with Crippen molar-refractivity contribution < 1.29 is 5.11 Å². The summed E-state index contributed by atoms with van der Waals surface area (Å²) in [7, 11) is 0. The third-order valence-electron chi connectivity index (χ3n) is 2.89. The molecule has 1 aromatic carbocycles. The van der Waals surface area contributed by atoms with E-state index in [4.69, 9.17) is 17.3 Å². The number of hydrogen-bond donors (Lipinski definition) is 2. The highest BCUT2D eigenvalue weighted by Gasteiger charge is 2.16. The number of aliphatic hydroxyl groups excluding tert-OH is 1. The van der Waals surface area contributed by atoms with Crippen LogP contribution >= 0.6 is 27.5 Å². The third kappa shape index (κ3) is 2.31. The molecule has 5 nitrogen and oxygen atoms in total. The van der Waals surface area contributed by atoms with Gasteiger partial charge in [-0.2, -0.15) is 5.10 Å². The maximum Gasteiger partial charge on any atom is 0.148 e. The molecular weight excluding hydrogens is 344 g/mol. The highest BCUT2D eigenvalue weighted by molar-refractivity contribution is 9.10. The van der Waals surface area contributed by atoms with Gasteiger partial charge in [0.25, 0.3) is 0 Å². The number of nitrogens with zero attached hydrogens (tertiary/aromatic N) is 3. The fourth-order valence-electron chi connectivity index (χ4n) is 2.03. The number of hydrogen-bond acceptors (Lipinski definition) is 4. The average molecular weight is 354 g/mol. The molecule has 2 heterocycles. The molecule has 3 N–H and O–H groups in total. The van der Waals surface area contributed by atoms with Gasteiger partial charge in [-0.3, -0.25) is 0 Å². The Labute approximate surface area is 128 Å². The Hall–Kier alpha value is -1.47. The molecule has 0 saturated heterocycles. The van der Waals surface area contributed by atoms with Gasteiger partial charge >= 0.3 is 0 Å². The Kier molecular flexibility index (Phi) is 3.47. The summed E-state index contributed by atoms with van der Waals surface area (Å²) in [5.74, 6) is 0. The van der Waals surface area contributed by atoms with E-state index in [0.717, 1.165) is 15.7 Å². The molecule has 0 aliphatic heterocycles. The van der Waals surface area contributed by atoms with Crippen LogP contribution in [-0.2, 0) is 0 Å². The first-order valence-electron chi connectivity index (χ1n) is 5.80. The van der Waals surface area contributed by atoms with Gasteiger partial charge in [-0.15, -0.1) is 0 Å². The zero-order valence-electron chi connectivity index (χ0n) is 10.2. The Morgan fingerprint density at radius 3 is 2.85 bits per heavy atom. The Balaban J connectivity index is 2.32. The van der Waals surface area contributed by atoms with Crippen molar-refractivity contribution in [3.05, 3.63) is 51.8 Å². The van der Waals surface area contributed by atoms with Crippen LogP contribution in [0.25, 0.3) is 16.6 Å². The first-order valence-corrected chi connectivity index (χ1v) is 6.97. The number of nitrogens with two attached hydrogens (primary N) is 1. The van der Waals surface area contributed by atoms with Crippen LogP contribution in [0.4, 0.5) is 0 Å². The van der Waals surface area contributed by atoms with E-state index >= 15 is 0 Å². The zero-order chi connectivity index (χ0) is 14.3. The van der Waals surface area contributed by atoms with E-state index < -0.39 is 6.23 Å². The Bertz CT molecular complexity index is 787. The SMILES string of the molecule is NC(O)c1nn(-c2cccc(Br)c2)c2cc(Cl)ncc12. The molecule has 0 radical (unpaired) electrons. The standard InChI is InChI=1S/C13H10BrClN4O/c14-7-2-1-3-8(4-7)19-10-5-11(15)17-6-9(10)12(18-19)13(16)20/h1-6,13,20H,16H2. The van der Waals surface area contributed by atoms with Gasteiger partial charge in [-0.1, -0.05) is 33.6 Å². The predicted molar refractivity (Wildman–Crippen MR) is 80.7 cm³/mol. The smallest absolute Gasteiger partial charge is 0.148 e. The number of halogens is 2. The summed E-state index contributed by atoms with van der Waals surface area (Å²) < 4.78 is 2.60. The van der Waals surface area contributed by atoms with Crippen molar-refractivity contribution in [1.29, 1.82) is 0 Å². The number of aliphatic hydroxyl groups is 1. The lowest BCUT2D eigenvalue weighted by Crippen LogP contribution is -2.10. The van der Waals surface area contributed by atoms with Crippen LogP contribution in [-0.4, -0.2) is 19.9 Å². The molecule has 3 aromatic rings. The Morgan fingerprint density at radius 1 is 1.35 bits per heavy atom. The molecule has 102 valence electrons. The van der Waals surface area contributed by atoms with Crippen molar-refractivity contribution in [3.8, 4) is 5.69 Å². The molecule has 0 bridgehead atoms. The molecule has 0 spiro atoms. The molecule has 0 saturated carbocycles. The van der Waals surface area contributed by atoms with Crippen LogP contribution in [0, 0.1) is 0 Å². The second-order valence-corrected chi connectivity index (χ2v) is 5.55. The van der Waals surface area contributed by atoms with Crippen molar-refractivity contribution in [2.45, 2.75) is 6.23 Å². The van der Waals surface area contributed by atoms with Crippen LogP contribution in [0.3, 0.4) is 0 Å². The lowest BCUT2D eigenvalue weighted by Gasteiger charge is -2.04. The number of rotatable bonds is 2. The summed E-state index contributed by atoms with van der Waals surface area (Å²) in [5, 5.41) is 15.0. The van der Waals surface area contributed by atoms with Gasteiger partial charge in [0.15, 0.2) is 0 Å². The predicted octanol–water partition coefficient (Wildman–Crippen LogP) is 2.79. The summed E-state index contributed by atoms with van der Waals surface area (Å²) in [4.78, 5) is 4.01. The van der Waals surface area contributed by atoms with Crippen LogP contribution in [0.15, 0.2) is 41.0 Å². The van der Waals surface area contributed by atoms with Crippen molar-refractivity contribution in [2.75, 3.05) is 0 Å². The number of fused-ring (bicyclic) bond motifs is 1. The van der Waals surface area contributed by atoms with Gasteiger partial charge in [0.05, 0.1) is 11.2 Å². The topological polar surface area (TPSA) is 77.0 Å². The lowest BCUT2D eigenvalue weighted by molar-refractivity contribution is 0.182. The molecule has 0 aliphatic carbocycles. The van der Waals surface area contributed by atoms with Crippen molar-refractivity contribution in [3.63, 3.8) is 0 Å². The minimum Gasteiger partial charge on any atom is -0.373 e. The molecule has 7 heteroatoms. The summed E-state index contributed by atoms with van der Waals surface area (Å²) in [6.45, 7) is 0. The van der Waals surface area contributed by atoms with Crippen molar-refractivity contribution >= 4 is 38.4 Å². The van der Waals surface area contributed by atoms with E-state index in [0.29, 0.717) is 16.2 Å². The van der Waals surface area contributed by atoms with Crippen LogP contribution < -0.4 is 5.73 Å². The normalized spacial score (nSPS) is 12.8. The van der Waals surface area contributed by atoms with Gasteiger partial charge in [0.1, 0.15) is 17.1 Å². The minimum atomic E-state index is -1.17. The molecule has 1 atom stereocenters. The highest BCUT2D eigenvalue weighted by atomic mass is 79.9. The van der Waals surface area contributed by atoms with E-state index in [1.807, 2.05) is 24.3 Å². The minimum absolute atomic E-state index is 0.353. The molecule has 0 amide bonds. The first-order chi connectivity index (χ1) is 9.56. The second-order valence-electron chi connectivity index (χ2n) is 4.25. The van der Waals surface area contributed by atoms with Crippen LogP contribution in [0.1, 0.15) is 11.9 Å². The molecule has 1 unspecified atom stereocenters. The van der Waals surface area contributed by atoms with Crippen molar-refractivity contribution in [2.24, 2.45) is 5.73 Å². The monoisotopic (exact) mass is 352 g/mol. The lowest BCUT2D eigenvalue weighted by atomic mass is 10.2. The molecule has 0 aliphatic rings. The van der Waals surface area contributed by atoms with Gasteiger partial charge in [0, 0.05) is 22.1 Å². The first kappa shape index (κ1) is 13.5. The summed E-state index contributed by atoms with van der Waals surface area (Å²) in [5.41, 5.74) is 7.48. The van der Waals surface area contributed by atoms with Crippen molar-refractivity contribution in [1.82, 2.24) is 14.8 Å². The van der Waals surface area contributed by atoms with E-state index in [-0.39, 0.29) is 0 Å². The summed E-state index contributed by atoms with van der Waals surface area (Å²) in [6, 6.07) is 9.32. The average Bonchev–Trinajstić information content (AvgIpc) is 2.77. The maximum absolute atomic E-state index is 9.64. The van der Waals surface area contributed by atoms with E-state index in [9.17, 15) is 5.11 Å². The highest BCUT2D eigenvalue weighted by Crippen LogP contribution is 2.26. The fourth-order valence-corrected chi connectivity index (χ4v) is 2.57. The molecule has 0 fully saturated rings. The maximum atomic E-state index is 9.64. The van der Waals surface area contributed by atoms with Crippen LogP contribution in [0.5, 0.6) is 0 Å².